The fourth-order valence-corrected chi connectivity index (χ4v) is 2.83. The van der Waals surface area contributed by atoms with Crippen molar-refractivity contribution in [1.82, 2.24) is 14.4 Å². The number of carbonyl (C=O) groups excluding carboxylic acids is 1. The number of rotatable bonds is 3. The molecule has 0 fully saturated rings. The number of aldehydes is 1. The third-order valence-corrected chi connectivity index (χ3v) is 4.14. The van der Waals surface area contributed by atoms with Crippen molar-refractivity contribution in [1.29, 1.82) is 0 Å². The van der Waals surface area contributed by atoms with Crippen LogP contribution in [0.2, 0.25) is 5.15 Å². The van der Waals surface area contributed by atoms with Crippen molar-refractivity contribution >= 4 is 23.7 Å². The van der Waals surface area contributed by atoms with Crippen molar-refractivity contribution in [2.75, 3.05) is 0 Å². The van der Waals surface area contributed by atoms with Crippen LogP contribution >= 0.6 is 11.6 Å². The van der Waals surface area contributed by atoms with E-state index in [9.17, 15) is 4.79 Å². The van der Waals surface area contributed by atoms with E-state index >= 15 is 0 Å². The number of aromatic nitrogens is 3. The van der Waals surface area contributed by atoms with Gasteiger partial charge in [-0.2, -0.15) is 0 Å². The lowest BCUT2D eigenvalue weighted by atomic mass is 10.00. The lowest BCUT2D eigenvalue weighted by Gasteiger charge is -2.11. The maximum absolute atomic E-state index is 10.9. The van der Waals surface area contributed by atoms with E-state index in [1.165, 1.54) is 0 Å². The van der Waals surface area contributed by atoms with Crippen molar-refractivity contribution in [3.8, 4) is 22.4 Å². The Morgan fingerprint density at radius 3 is 2.42 bits per heavy atom. The molecule has 0 bridgehead atoms. The van der Waals surface area contributed by atoms with E-state index in [1.807, 2.05) is 48.7 Å². The Morgan fingerprint density at radius 2 is 1.71 bits per heavy atom. The van der Waals surface area contributed by atoms with Gasteiger partial charge in [-0.1, -0.05) is 66.2 Å². The fraction of sp³-hybridized carbons (Fsp3) is 0. The van der Waals surface area contributed by atoms with Gasteiger partial charge in [0, 0.05) is 22.9 Å². The number of nitrogens with zero attached hydrogens (tertiary/aromatic N) is 3. The molecule has 0 aliphatic rings. The van der Waals surface area contributed by atoms with Crippen molar-refractivity contribution in [3.63, 3.8) is 0 Å². The molecule has 2 aromatic carbocycles. The van der Waals surface area contributed by atoms with E-state index in [4.69, 9.17) is 11.6 Å². The third kappa shape index (κ3) is 2.47. The summed E-state index contributed by atoms with van der Waals surface area (Å²) in [5.41, 5.74) is 4.33. The molecule has 24 heavy (non-hydrogen) atoms. The molecule has 0 atom stereocenters. The molecule has 116 valence electrons. The molecule has 4 aromatic rings. The van der Waals surface area contributed by atoms with Crippen molar-refractivity contribution in [2.45, 2.75) is 0 Å². The van der Waals surface area contributed by atoms with E-state index in [1.54, 1.807) is 22.7 Å². The molecule has 0 aliphatic carbocycles. The standard InChI is InChI=1S/C19H12ClN3O/c20-17-10-21-19-22-18(15-8-6-13(12-24)7-9-15)16(11-23(17)19)14-4-2-1-3-5-14/h1-12H. The van der Waals surface area contributed by atoms with E-state index in [0.717, 1.165) is 28.7 Å². The first-order chi connectivity index (χ1) is 11.8. The molecule has 0 saturated heterocycles. The van der Waals surface area contributed by atoms with E-state index in [2.05, 4.69) is 9.97 Å². The summed E-state index contributed by atoms with van der Waals surface area (Å²) in [6.45, 7) is 0. The van der Waals surface area contributed by atoms with Crippen LogP contribution in [0.25, 0.3) is 28.2 Å². The quantitative estimate of drug-likeness (QED) is 0.517. The monoisotopic (exact) mass is 333 g/mol. The Kier molecular flexibility index (Phi) is 3.59. The minimum Gasteiger partial charge on any atom is -0.298 e. The van der Waals surface area contributed by atoms with Gasteiger partial charge in [0.2, 0.25) is 5.78 Å². The van der Waals surface area contributed by atoms with Crippen molar-refractivity contribution in [3.05, 3.63) is 77.7 Å². The maximum Gasteiger partial charge on any atom is 0.235 e. The summed E-state index contributed by atoms with van der Waals surface area (Å²) in [7, 11) is 0. The number of fused-ring (bicyclic) bond motifs is 1. The van der Waals surface area contributed by atoms with Crippen LogP contribution < -0.4 is 0 Å². The van der Waals surface area contributed by atoms with Gasteiger partial charge in [-0.05, 0) is 5.56 Å². The zero-order chi connectivity index (χ0) is 16.5. The molecule has 0 spiro atoms. The lowest BCUT2D eigenvalue weighted by Crippen LogP contribution is -1.96. The van der Waals surface area contributed by atoms with Gasteiger partial charge in [0.1, 0.15) is 11.4 Å². The minimum absolute atomic E-state index is 0.512. The molecule has 5 heteroatoms. The highest BCUT2D eigenvalue weighted by Gasteiger charge is 2.13. The highest BCUT2D eigenvalue weighted by molar-refractivity contribution is 6.29. The largest absolute Gasteiger partial charge is 0.298 e. The molecule has 2 aromatic heterocycles. The zero-order valence-electron chi connectivity index (χ0n) is 12.6. The molecule has 0 radical (unpaired) electrons. The number of carbonyl (C=O) groups is 1. The molecule has 2 heterocycles. The summed E-state index contributed by atoms with van der Waals surface area (Å²) in [5.74, 6) is 0.536. The van der Waals surface area contributed by atoms with E-state index in [-0.39, 0.29) is 0 Å². The number of halogens is 1. The van der Waals surface area contributed by atoms with Crippen LogP contribution in [0.3, 0.4) is 0 Å². The number of imidazole rings is 1. The molecule has 4 rings (SSSR count). The summed E-state index contributed by atoms with van der Waals surface area (Å²) < 4.78 is 1.76. The molecule has 0 amide bonds. The van der Waals surface area contributed by atoms with Crippen molar-refractivity contribution < 1.29 is 4.79 Å². The topological polar surface area (TPSA) is 47.3 Å². The molecule has 0 saturated carbocycles. The first-order valence-electron chi connectivity index (χ1n) is 7.41. The Hall–Kier alpha value is -2.98. The second-order valence-corrected chi connectivity index (χ2v) is 5.75. The number of hydrogen-bond acceptors (Lipinski definition) is 3. The molecule has 0 unspecified atom stereocenters. The Balaban J connectivity index is 1.99. The molecular weight excluding hydrogens is 322 g/mol. The normalized spacial score (nSPS) is 10.9. The van der Waals surface area contributed by atoms with Gasteiger partial charge in [-0.25, -0.2) is 9.97 Å². The summed E-state index contributed by atoms with van der Waals surface area (Å²) >= 11 is 6.19. The minimum atomic E-state index is 0.512. The average molecular weight is 334 g/mol. The molecular formula is C19H12ClN3O. The highest BCUT2D eigenvalue weighted by atomic mass is 35.5. The van der Waals surface area contributed by atoms with Crippen LogP contribution in [0.1, 0.15) is 10.4 Å². The predicted octanol–water partition coefficient (Wildman–Crippen LogP) is 4.53. The van der Waals surface area contributed by atoms with Gasteiger partial charge >= 0.3 is 0 Å². The van der Waals surface area contributed by atoms with Gasteiger partial charge in [-0.3, -0.25) is 9.20 Å². The Bertz CT molecular complexity index is 1020. The fourth-order valence-electron chi connectivity index (χ4n) is 2.65. The second-order valence-electron chi connectivity index (χ2n) is 5.36. The SMILES string of the molecule is O=Cc1ccc(-c2nc3ncc(Cl)n3cc2-c2ccccc2)cc1. The van der Waals surface area contributed by atoms with Crippen LogP contribution in [-0.4, -0.2) is 20.7 Å². The molecule has 0 aliphatic heterocycles. The lowest BCUT2D eigenvalue weighted by molar-refractivity contribution is 0.112. The number of hydrogen-bond donors (Lipinski definition) is 0. The van der Waals surface area contributed by atoms with Gasteiger partial charge in [-0.15, -0.1) is 0 Å². The van der Waals surface area contributed by atoms with Crippen molar-refractivity contribution in [2.24, 2.45) is 0 Å². The summed E-state index contributed by atoms with van der Waals surface area (Å²) in [5, 5.41) is 0.512. The van der Waals surface area contributed by atoms with E-state index in [0.29, 0.717) is 16.5 Å². The number of benzene rings is 2. The summed E-state index contributed by atoms with van der Waals surface area (Å²) in [4.78, 5) is 19.8. The maximum atomic E-state index is 10.9. The van der Waals surface area contributed by atoms with Gasteiger partial charge in [0.05, 0.1) is 11.9 Å². The zero-order valence-corrected chi connectivity index (χ0v) is 13.3. The molecule has 0 N–H and O–H groups in total. The Labute approximate surface area is 143 Å². The van der Waals surface area contributed by atoms with Crippen LogP contribution in [0.4, 0.5) is 0 Å². The van der Waals surface area contributed by atoms with Gasteiger partial charge in [0.25, 0.3) is 0 Å². The van der Waals surface area contributed by atoms with Gasteiger partial charge in [0.15, 0.2) is 0 Å². The summed E-state index contributed by atoms with van der Waals surface area (Å²) in [6, 6.07) is 17.3. The Morgan fingerprint density at radius 1 is 0.958 bits per heavy atom. The molecule has 4 nitrogen and oxygen atoms in total. The highest BCUT2D eigenvalue weighted by Crippen LogP contribution is 2.31. The third-order valence-electron chi connectivity index (χ3n) is 3.86. The first-order valence-corrected chi connectivity index (χ1v) is 7.79. The van der Waals surface area contributed by atoms with Crippen LogP contribution in [0.15, 0.2) is 67.0 Å². The van der Waals surface area contributed by atoms with Crippen LogP contribution in [0, 0.1) is 0 Å². The smallest absolute Gasteiger partial charge is 0.235 e. The van der Waals surface area contributed by atoms with Gasteiger partial charge < -0.3 is 0 Å². The first kappa shape index (κ1) is 14.6. The predicted molar refractivity (Wildman–Crippen MR) is 94.3 cm³/mol. The average Bonchev–Trinajstić information content (AvgIpc) is 3.02. The van der Waals surface area contributed by atoms with Crippen LogP contribution in [0.5, 0.6) is 0 Å². The summed E-state index contributed by atoms with van der Waals surface area (Å²) in [6.07, 6.45) is 4.35. The second kappa shape index (κ2) is 5.91. The van der Waals surface area contributed by atoms with Crippen LogP contribution in [-0.2, 0) is 0 Å². The van der Waals surface area contributed by atoms with E-state index < -0.39 is 0 Å².